The Morgan fingerprint density at radius 2 is 1.56 bits per heavy atom. The number of rotatable bonds is 11. The van der Waals surface area contributed by atoms with E-state index in [1.165, 1.54) is 49.9 Å². The van der Waals surface area contributed by atoms with Gasteiger partial charge in [-0.05, 0) is 48.7 Å². The molecule has 0 fully saturated rings. The summed E-state index contributed by atoms with van der Waals surface area (Å²) in [5, 5.41) is 9.90. The summed E-state index contributed by atoms with van der Waals surface area (Å²) in [6, 6.07) is 10.9. The van der Waals surface area contributed by atoms with Crippen LogP contribution in [0.25, 0.3) is 0 Å². The van der Waals surface area contributed by atoms with Crippen molar-refractivity contribution in [1.29, 1.82) is 0 Å². The van der Waals surface area contributed by atoms with E-state index in [1.54, 1.807) is 18.2 Å². The Morgan fingerprint density at radius 3 is 2.22 bits per heavy atom. The summed E-state index contributed by atoms with van der Waals surface area (Å²) in [7, 11) is -4.27. The second-order valence-electron chi connectivity index (χ2n) is 6.69. The molecule has 0 unspecified atom stereocenters. The standard InChI is InChI=1S/C21H28O5S/c1-2-3-4-5-6-7-8-11-17-16-18(27(23,24)25)14-15-20(17)26-21-13-10-9-12-19(21)22/h9-10,12-16,22H,2-8,11H2,1H3,(H,23,24,25). The number of aryl methyl sites for hydroxylation is 1. The van der Waals surface area contributed by atoms with Crippen molar-refractivity contribution in [3.8, 4) is 17.2 Å². The summed E-state index contributed by atoms with van der Waals surface area (Å²) < 4.78 is 38.0. The number of phenols is 1. The van der Waals surface area contributed by atoms with Gasteiger partial charge in [0.2, 0.25) is 0 Å². The Labute approximate surface area is 161 Å². The number of benzene rings is 2. The summed E-state index contributed by atoms with van der Waals surface area (Å²) >= 11 is 0. The van der Waals surface area contributed by atoms with Gasteiger partial charge in [-0.15, -0.1) is 0 Å². The van der Waals surface area contributed by atoms with Gasteiger partial charge in [-0.2, -0.15) is 8.42 Å². The molecule has 0 saturated carbocycles. The van der Waals surface area contributed by atoms with Crippen molar-refractivity contribution in [2.24, 2.45) is 0 Å². The highest BCUT2D eigenvalue weighted by molar-refractivity contribution is 7.85. The third kappa shape index (κ3) is 6.88. The zero-order valence-electron chi connectivity index (χ0n) is 15.7. The first-order chi connectivity index (χ1) is 12.9. The molecule has 5 nitrogen and oxygen atoms in total. The molecule has 0 aliphatic heterocycles. The van der Waals surface area contributed by atoms with Gasteiger partial charge >= 0.3 is 0 Å². The number of phenolic OH excluding ortho intramolecular Hbond substituents is 1. The van der Waals surface area contributed by atoms with Crippen molar-refractivity contribution < 1.29 is 22.8 Å². The monoisotopic (exact) mass is 392 g/mol. The molecule has 0 amide bonds. The second-order valence-corrected chi connectivity index (χ2v) is 8.11. The average molecular weight is 393 g/mol. The van der Waals surface area contributed by atoms with Crippen molar-refractivity contribution in [2.75, 3.05) is 0 Å². The molecule has 2 aromatic rings. The molecule has 148 valence electrons. The van der Waals surface area contributed by atoms with Gasteiger partial charge in [-0.25, -0.2) is 0 Å². The molecule has 0 saturated heterocycles. The van der Waals surface area contributed by atoms with Gasteiger partial charge in [0.25, 0.3) is 10.1 Å². The Morgan fingerprint density at radius 1 is 0.889 bits per heavy atom. The van der Waals surface area contributed by atoms with Crippen LogP contribution >= 0.6 is 0 Å². The summed E-state index contributed by atoms with van der Waals surface area (Å²) in [4.78, 5) is -0.148. The van der Waals surface area contributed by atoms with Crippen molar-refractivity contribution in [3.63, 3.8) is 0 Å². The van der Waals surface area contributed by atoms with E-state index >= 15 is 0 Å². The van der Waals surface area contributed by atoms with Gasteiger partial charge < -0.3 is 9.84 Å². The van der Waals surface area contributed by atoms with Gasteiger partial charge in [0, 0.05) is 0 Å². The van der Waals surface area contributed by atoms with Gasteiger partial charge in [-0.1, -0.05) is 57.6 Å². The van der Waals surface area contributed by atoms with Crippen LogP contribution in [0, 0.1) is 0 Å². The van der Waals surface area contributed by atoms with E-state index in [4.69, 9.17) is 4.74 Å². The molecular formula is C21H28O5S. The molecule has 0 radical (unpaired) electrons. The molecule has 0 aliphatic rings. The lowest BCUT2D eigenvalue weighted by Gasteiger charge is -2.13. The van der Waals surface area contributed by atoms with Gasteiger partial charge in [0.15, 0.2) is 11.5 Å². The number of hydrogen-bond donors (Lipinski definition) is 2. The minimum absolute atomic E-state index is 0.0123. The Hall–Kier alpha value is -2.05. The molecule has 2 aromatic carbocycles. The highest BCUT2D eigenvalue weighted by Gasteiger charge is 2.15. The fraction of sp³-hybridized carbons (Fsp3) is 0.429. The molecular weight excluding hydrogens is 364 g/mol. The zero-order chi connectivity index (χ0) is 19.7. The van der Waals surface area contributed by atoms with Crippen LogP contribution in [0.5, 0.6) is 17.2 Å². The highest BCUT2D eigenvalue weighted by atomic mass is 32.2. The van der Waals surface area contributed by atoms with Gasteiger partial charge in [0.05, 0.1) is 4.90 Å². The van der Waals surface area contributed by atoms with E-state index in [0.717, 1.165) is 19.3 Å². The molecule has 0 bridgehead atoms. The van der Waals surface area contributed by atoms with Crippen LogP contribution in [0.4, 0.5) is 0 Å². The number of unbranched alkanes of at least 4 members (excludes halogenated alkanes) is 6. The highest BCUT2D eigenvalue weighted by Crippen LogP contribution is 2.33. The molecule has 0 aromatic heterocycles. The Bertz CT molecular complexity index is 830. The number of hydrogen-bond acceptors (Lipinski definition) is 4. The predicted molar refractivity (Wildman–Crippen MR) is 106 cm³/mol. The molecule has 6 heteroatoms. The zero-order valence-corrected chi connectivity index (χ0v) is 16.5. The van der Waals surface area contributed by atoms with E-state index in [9.17, 15) is 18.1 Å². The normalized spacial score (nSPS) is 11.5. The first-order valence-corrected chi connectivity index (χ1v) is 10.9. The Kier molecular flexibility index (Phi) is 8.13. The smallest absolute Gasteiger partial charge is 0.294 e. The predicted octanol–water partition coefficient (Wildman–Crippen LogP) is 5.72. The van der Waals surface area contributed by atoms with Crippen molar-refractivity contribution >= 4 is 10.1 Å². The fourth-order valence-electron chi connectivity index (χ4n) is 2.95. The lowest BCUT2D eigenvalue weighted by atomic mass is 10.0. The van der Waals surface area contributed by atoms with Crippen LogP contribution in [0.2, 0.25) is 0 Å². The third-order valence-corrected chi connectivity index (χ3v) is 5.31. The second kappa shape index (κ2) is 10.3. The summed E-state index contributed by atoms with van der Waals surface area (Å²) in [6.45, 7) is 2.19. The number of aromatic hydroxyl groups is 1. The van der Waals surface area contributed by atoms with Crippen molar-refractivity contribution in [1.82, 2.24) is 0 Å². The Balaban J connectivity index is 2.10. The maximum absolute atomic E-state index is 11.5. The number of ether oxygens (including phenoxy) is 1. The largest absolute Gasteiger partial charge is 0.504 e. The quantitative estimate of drug-likeness (QED) is 0.377. The first-order valence-electron chi connectivity index (χ1n) is 9.48. The molecule has 2 N–H and O–H groups in total. The summed E-state index contributed by atoms with van der Waals surface area (Å²) in [5.74, 6) is 0.797. The van der Waals surface area contributed by atoms with E-state index < -0.39 is 10.1 Å². The first kappa shape index (κ1) is 21.3. The maximum atomic E-state index is 11.5. The van der Waals surface area contributed by atoms with Crippen LogP contribution in [0.3, 0.4) is 0 Å². The third-order valence-electron chi connectivity index (χ3n) is 4.46. The molecule has 0 spiro atoms. The summed E-state index contributed by atoms with van der Waals surface area (Å²) in [6.07, 6.45) is 8.67. The minimum atomic E-state index is -4.27. The fourth-order valence-corrected chi connectivity index (χ4v) is 3.48. The van der Waals surface area contributed by atoms with E-state index in [0.29, 0.717) is 23.5 Å². The minimum Gasteiger partial charge on any atom is -0.504 e. The maximum Gasteiger partial charge on any atom is 0.294 e. The lowest BCUT2D eigenvalue weighted by Crippen LogP contribution is -2.01. The van der Waals surface area contributed by atoms with Gasteiger partial charge in [0.1, 0.15) is 5.75 Å². The molecule has 2 rings (SSSR count). The van der Waals surface area contributed by atoms with E-state index in [-0.39, 0.29) is 10.6 Å². The molecule has 27 heavy (non-hydrogen) atoms. The topological polar surface area (TPSA) is 83.8 Å². The average Bonchev–Trinajstić information content (AvgIpc) is 2.63. The summed E-state index contributed by atoms with van der Waals surface area (Å²) in [5.41, 5.74) is 0.696. The number of para-hydroxylation sites is 2. The SMILES string of the molecule is CCCCCCCCCc1cc(S(=O)(=O)O)ccc1Oc1ccccc1O. The molecule has 0 atom stereocenters. The van der Waals surface area contributed by atoms with Crippen LogP contribution in [-0.4, -0.2) is 18.1 Å². The molecule has 0 heterocycles. The van der Waals surface area contributed by atoms with Crippen LogP contribution in [0.15, 0.2) is 47.4 Å². The van der Waals surface area contributed by atoms with E-state index in [2.05, 4.69) is 6.92 Å². The van der Waals surface area contributed by atoms with Crippen molar-refractivity contribution in [3.05, 3.63) is 48.0 Å². The van der Waals surface area contributed by atoms with Crippen LogP contribution in [-0.2, 0) is 16.5 Å². The lowest BCUT2D eigenvalue weighted by molar-refractivity contribution is 0.408. The van der Waals surface area contributed by atoms with Gasteiger partial charge in [-0.3, -0.25) is 4.55 Å². The molecule has 0 aliphatic carbocycles. The van der Waals surface area contributed by atoms with Crippen LogP contribution in [0.1, 0.15) is 57.4 Å². The van der Waals surface area contributed by atoms with E-state index in [1.807, 2.05) is 0 Å². The van der Waals surface area contributed by atoms with Crippen LogP contribution < -0.4 is 4.74 Å². The van der Waals surface area contributed by atoms with Crippen molar-refractivity contribution in [2.45, 2.75) is 63.2 Å².